The molecule has 82 valence electrons. The molecule has 1 aliphatic rings. The molecule has 1 aliphatic carbocycles. The number of rotatable bonds is 3. The molecule has 1 saturated carbocycles. The third kappa shape index (κ3) is 1.77. The molecular weight excluding hydrogens is 307 g/mol. The molecule has 0 N–H and O–H groups in total. The summed E-state index contributed by atoms with van der Waals surface area (Å²) in [7, 11) is 0. The van der Waals surface area contributed by atoms with E-state index >= 15 is 0 Å². The highest BCUT2D eigenvalue weighted by atomic mass is 127. The second kappa shape index (κ2) is 4.11. The first kappa shape index (κ1) is 10.9. The summed E-state index contributed by atoms with van der Waals surface area (Å²) in [6.07, 6.45) is 6.42. The Morgan fingerprint density at radius 1 is 1.73 bits per heavy atom. The summed E-state index contributed by atoms with van der Waals surface area (Å²) in [5.41, 5.74) is -0.466. The van der Waals surface area contributed by atoms with Crippen LogP contribution in [0.3, 0.4) is 0 Å². The van der Waals surface area contributed by atoms with Gasteiger partial charge < -0.3 is 9.30 Å². The van der Waals surface area contributed by atoms with Gasteiger partial charge in [-0.05, 0) is 48.8 Å². The van der Waals surface area contributed by atoms with Crippen LogP contribution in [0, 0.1) is 3.70 Å². The molecule has 0 bridgehead atoms. The molecule has 15 heavy (non-hydrogen) atoms. The summed E-state index contributed by atoms with van der Waals surface area (Å²) in [6.45, 7) is 2.27. The third-order valence-corrected chi connectivity index (χ3v) is 3.44. The van der Waals surface area contributed by atoms with Crippen LogP contribution in [0.25, 0.3) is 0 Å². The summed E-state index contributed by atoms with van der Waals surface area (Å²) in [5.74, 6) is -0.120. The van der Waals surface area contributed by atoms with E-state index in [4.69, 9.17) is 4.74 Å². The van der Waals surface area contributed by atoms with Crippen molar-refractivity contribution in [1.82, 2.24) is 9.55 Å². The van der Waals surface area contributed by atoms with Gasteiger partial charge in [0.1, 0.15) is 9.24 Å². The van der Waals surface area contributed by atoms with Crippen LogP contribution in [0.15, 0.2) is 12.5 Å². The normalized spacial score (nSPS) is 18.3. The molecule has 5 heteroatoms. The fraction of sp³-hybridized carbons (Fsp3) is 0.600. The molecule has 1 aromatic heterocycles. The lowest BCUT2D eigenvalue weighted by Gasteiger charge is -2.40. The SMILES string of the molecule is CCOC(=O)C1(n2cnc(I)c2)CCC1. The number of nitrogens with zero attached hydrogens (tertiary/aromatic N) is 2. The summed E-state index contributed by atoms with van der Waals surface area (Å²) >= 11 is 2.14. The highest BCUT2D eigenvalue weighted by Crippen LogP contribution is 2.40. The van der Waals surface area contributed by atoms with Crippen molar-refractivity contribution in [2.45, 2.75) is 31.7 Å². The molecule has 0 saturated heterocycles. The highest BCUT2D eigenvalue weighted by Gasteiger charge is 2.47. The van der Waals surface area contributed by atoms with E-state index in [-0.39, 0.29) is 5.97 Å². The van der Waals surface area contributed by atoms with Gasteiger partial charge in [0.15, 0.2) is 0 Å². The van der Waals surface area contributed by atoms with Gasteiger partial charge in [0.25, 0.3) is 0 Å². The Balaban J connectivity index is 2.25. The third-order valence-electron chi connectivity index (χ3n) is 2.88. The first-order valence-corrected chi connectivity index (χ1v) is 6.14. The molecule has 0 amide bonds. The van der Waals surface area contributed by atoms with E-state index in [1.807, 2.05) is 17.7 Å². The van der Waals surface area contributed by atoms with E-state index in [0.717, 1.165) is 23.0 Å². The number of esters is 1. The van der Waals surface area contributed by atoms with E-state index < -0.39 is 5.54 Å². The Kier molecular flexibility index (Phi) is 2.99. The molecule has 0 aromatic carbocycles. The number of halogens is 1. The van der Waals surface area contributed by atoms with Crippen LogP contribution in [-0.2, 0) is 15.1 Å². The molecule has 0 atom stereocenters. The molecule has 1 aromatic rings. The van der Waals surface area contributed by atoms with Gasteiger partial charge in [-0.2, -0.15) is 0 Å². The summed E-state index contributed by atoms with van der Waals surface area (Å²) in [4.78, 5) is 16.0. The van der Waals surface area contributed by atoms with Crippen LogP contribution in [0.2, 0.25) is 0 Å². The first-order valence-electron chi connectivity index (χ1n) is 5.06. The number of imidazole rings is 1. The van der Waals surface area contributed by atoms with Crippen molar-refractivity contribution >= 4 is 28.6 Å². The van der Waals surface area contributed by atoms with Gasteiger partial charge in [0.2, 0.25) is 0 Å². The highest BCUT2D eigenvalue weighted by molar-refractivity contribution is 14.1. The fourth-order valence-electron chi connectivity index (χ4n) is 1.88. The predicted octanol–water partition coefficient (Wildman–Crippen LogP) is 1.93. The van der Waals surface area contributed by atoms with Crippen molar-refractivity contribution in [3.05, 3.63) is 16.2 Å². The summed E-state index contributed by atoms with van der Waals surface area (Å²) < 4.78 is 7.93. The molecule has 1 heterocycles. The first-order chi connectivity index (χ1) is 7.19. The Morgan fingerprint density at radius 3 is 2.87 bits per heavy atom. The van der Waals surface area contributed by atoms with Crippen molar-refractivity contribution in [1.29, 1.82) is 0 Å². The van der Waals surface area contributed by atoms with Crippen LogP contribution in [0.4, 0.5) is 0 Å². The standard InChI is InChI=1S/C10H13IN2O2/c1-2-15-9(14)10(4-3-5-10)13-6-8(11)12-7-13/h6-7H,2-5H2,1H3. The Morgan fingerprint density at radius 2 is 2.47 bits per heavy atom. The van der Waals surface area contributed by atoms with Crippen LogP contribution >= 0.6 is 22.6 Å². The minimum Gasteiger partial charge on any atom is -0.464 e. The quantitative estimate of drug-likeness (QED) is 0.631. The van der Waals surface area contributed by atoms with E-state index in [2.05, 4.69) is 27.6 Å². The Labute approximate surface area is 102 Å². The maximum atomic E-state index is 11.9. The second-order valence-electron chi connectivity index (χ2n) is 3.71. The summed E-state index contributed by atoms with van der Waals surface area (Å²) in [5, 5.41) is 0. The summed E-state index contributed by atoms with van der Waals surface area (Å²) in [6, 6.07) is 0. The molecule has 1 fully saturated rings. The zero-order valence-corrected chi connectivity index (χ0v) is 10.7. The molecule has 0 spiro atoms. The molecule has 0 unspecified atom stereocenters. The monoisotopic (exact) mass is 320 g/mol. The predicted molar refractivity (Wildman–Crippen MR) is 63.4 cm³/mol. The minimum absolute atomic E-state index is 0.120. The van der Waals surface area contributed by atoms with E-state index in [0.29, 0.717) is 6.61 Å². The smallest absolute Gasteiger partial charge is 0.332 e. The number of carbonyl (C=O) groups is 1. The maximum absolute atomic E-state index is 11.9. The van der Waals surface area contributed by atoms with Gasteiger partial charge in [0, 0.05) is 6.20 Å². The van der Waals surface area contributed by atoms with Crippen molar-refractivity contribution < 1.29 is 9.53 Å². The fourth-order valence-corrected chi connectivity index (χ4v) is 2.30. The van der Waals surface area contributed by atoms with Crippen molar-refractivity contribution in [2.75, 3.05) is 6.61 Å². The van der Waals surface area contributed by atoms with Crippen LogP contribution in [0.1, 0.15) is 26.2 Å². The Bertz CT molecular complexity index is 371. The van der Waals surface area contributed by atoms with Gasteiger partial charge in [-0.15, -0.1) is 0 Å². The number of aromatic nitrogens is 2. The lowest BCUT2D eigenvalue weighted by Crippen LogP contribution is -2.48. The largest absolute Gasteiger partial charge is 0.464 e. The lowest BCUT2D eigenvalue weighted by atomic mass is 9.76. The Hall–Kier alpha value is -0.590. The lowest BCUT2D eigenvalue weighted by molar-refractivity contribution is -0.159. The molecular formula is C10H13IN2O2. The van der Waals surface area contributed by atoms with Crippen LogP contribution in [-0.4, -0.2) is 22.1 Å². The van der Waals surface area contributed by atoms with Gasteiger partial charge >= 0.3 is 5.97 Å². The minimum atomic E-state index is -0.466. The van der Waals surface area contributed by atoms with E-state index in [1.54, 1.807) is 6.33 Å². The van der Waals surface area contributed by atoms with Crippen molar-refractivity contribution in [3.8, 4) is 0 Å². The number of ether oxygens (including phenoxy) is 1. The van der Waals surface area contributed by atoms with E-state index in [9.17, 15) is 4.79 Å². The maximum Gasteiger partial charge on any atom is 0.332 e. The van der Waals surface area contributed by atoms with Gasteiger partial charge in [-0.1, -0.05) is 0 Å². The zero-order chi connectivity index (χ0) is 10.9. The molecule has 2 rings (SSSR count). The second-order valence-corrected chi connectivity index (χ2v) is 4.81. The number of hydrogen-bond acceptors (Lipinski definition) is 3. The average Bonchev–Trinajstić information content (AvgIpc) is 2.51. The zero-order valence-electron chi connectivity index (χ0n) is 8.57. The van der Waals surface area contributed by atoms with Gasteiger partial charge in [-0.25, -0.2) is 9.78 Å². The number of carbonyl (C=O) groups excluding carboxylic acids is 1. The van der Waals surface area contributed by atoms with Crippen molar-refractivity contribution in [3.63, 3.8) is 0 Å². The van der Waals surface area contributed by atoms with Crippen LogP contribution < -0.4 is 0 Å². The number of hydrogen-bond donors (Lipinski definition) is 0. The molecule has 4 nitrogen and oxygen atoms in total. The van der Waals surface area contributed by atoms with Crippen molar-refractivity contribution in [2.24, 2.45) is 0 Å². The molecule has 0 aliphatic heterocycles. The van der Waals surface area contributed by atoms with Crippen LogP contribution in [0.5, 0.6) is 0 Å². The molecule has 0 radical (unpaired) electrons. The van der Waals surface area contributed by atoms with Gasteiger partial charge in [0.05, 0.1) is 12.9 Å². The average molecular weight is 320 g/mol. The van der Waals surface area contributed by atoms with E-state index in [1.165, 1.54) is 0 Å². The van der Waals surface area contributed by atoms with Gasteiger partial charge in [-0.3, -0.25) is 0 Å². The topological polar surface area (TPSA) is 44.1 Å².